The van der Waals surface area contributed by atoms with E-state index in [4.69, 9.17) is 9.47 Å². The third kappa shape index (κ3) is 7.02. The molecule has 20 heavy (non-hydrogen) atoms. The van der Waals surface area contributed by atoms with Crippen LogP contribution in [0, 0.1) is 5.92 Å². The lowest BCUT2D eigenvalue weighted by atomic mass is 10.1. The third-order valence-electron chi connectivity index (χ3n) is 2.92. The first kappa shape index (κ1) is 16.3. The van der Waals surface area contributed by atoms with E-state index in [0.717, 1.165) is 30.9 Å². The molecular formula is C16H25NO3. The Hall–Kier alpha value is -1.71. The normalized spacial score (nSPS) is 10.4. The predicted molar refractivity (Wildman–Crippen MR) is 80.2 cm³/mol. The van der Waals surface area contributed by atoms with Gasteiger partial charge in [-0.05, 0) is 43.0 Å². The highest BCUT2D eigenvalue weighted by molar-refractivity contribution is 5.75. The Morgan fingerprint density at radius 3 is 2.45 bits per heavy atom. The van der Waals surface area contributed by atoms with Crippen LogP contribution < -0.4 is 14.8 Å². The molecule has 0 fully saturated rings. The van der Waals surface area contributed by atoms with Crippen LogP contribution in [0.15, 0.2) is 24.3 Å². The van der Waals surface area contributed by atoms with E-state index in [1.165, 1.54) is 0 Å². The van der Waals surface area contributed by atoms with Crippen LogP contribution in [0.4, 0.5) is 0 Å². The summed E-state index contributed by atoms with van der Waals surface area (Å²) < 4.78 is 10.6. The van der Waals surface area contributed by atoms with Gasteiger partial charge in [0.1, 0.15) is 11.5 Å². The van der Waals surface area contributed by atoms with Gasteiger partial charge >= 0.3 is 0 Å². The SMILES string of the molecule is COc1ccc(OCCCC(=O)NCCC(C)C)cc1. The maximum absolute atomic E-state index is 11.5. The van der Waals surface area contributed by atoms with Crippen LogP contribution in [0.5, 0.6) is 11.5 Å². The first-order valence-corrected chi connectivity index (χ1v) is 7.15. The highest BCUT2D eigenvalue weighted by atomic mass is 16.5. The quantitative estimate of drug-likeness (QED) is 0.707. The molecule has 4 heteroatoms. The number of methoxy groups -OCH3 is 1. The first-order chi connectivity index (χ1) is 9.61. The number of carbonyl (C=O) groups is 1. The molecule has 0 heterocycles. The molecule has 1 amide bonds. The van der Waals surface area contributed by atoms with Crippen molar-refractivity contribution in [3.05, 3.63) is 24.3 Å². The van der Waals surface area contributed by atoms with E-state index in [2.05, 4.69) is 19.2 Å². The number of nitrogens with one attached hydrogen (secondary N) is 1. The van der Waals surface area contributed by atoms with Gasteiger partial charge in [-0.25, -0.2) is 0 Å². The average molecular weight is 279 g/mol. The zero-order valence-electron chi connectivity index (χ0n) is 12.6. The second-order valence-corrected chi connectivity index (χ2v) is 5.16. The number of benzene rings is 1. The van der Waals surface area contributed by atoms with E-state index in [-0.39, 0.29) is 5.91 Å². The highest BCUT2D eigenvalue weighted by Gasteiger charge is 2.02. The molecule has 0 bridgehead atoms. The van der Waals surface area contributed by atoms with Gasteiger partial charge < -0.3 is 14.8 Å². The van der Waals surface area contributed by atoms with Gasteiger partial charge in [0, 0.05) is 13.0 Å². The van der Waals surface area contributed by atoms with Crippen molar-refractivity contribution in [2.45, 2.75) is 33.1 Å². The van der Waals surface area contributed by atoms with Crippen molar-refractivity contribution in [3.8, 4) is 11.5 Å². The lowest BCUT2D eigenvalue weighted by molar-refractivity contribution is -0.121. The van der Waals surface area contributed by atoms with Crippen molar-refractivity contribution in [1.82, 2.24) is 5.32 Å². The Labute approximate surface area is 121 Å². The zero-order valence-corrected chi connectivity index (χ0v) is 12.6. The topological polar surface area (TPSA) is 47.6 Å². The van der Waals surface area contributed by atoms with E-state index in [9.17, 15) is 4.79 Å². The van der Waals surface area contributed by atoms with E-state index in [1.807, 2.05) is 24.3 Å². The van der Waals surface area contributed by atoms with Gasteiger partial charge in [-0.15, -0.1) is 0 Å². The van der Waals surface area contributed by atoms with Crippen molar-refractivity contribution >= 4 is 5.91 Å². The van der Waals surface area contributed by atoms with Crippen LogP contribution in [-0.4, -0.2) is 26.2 Å². The molecule has 1 aromatic carbocycles. The fourth-order valence-corrected chi connectivity index (χ4v) is 1.68. The van der Waals surface area contributed by atoms with Gasteiger partial charge in [-0.2, -0.15) is 0 Å². The van der Waals surface area contributed by atoms with Crippen LogP contribution >= 0.6 is 0 Å². The molecule has 0 aliphatic carbocycles. The molecule has 0 saturated heterocycles. The van der Waals surface area contributed by atoms with Crippen LogP contribution in [0.3, 0.4) is 0 Å². The predicted octanol–water partition coefficient (Wildman–Crippen LogP) is 3.02. The molecule has 0 atom stereocenters. The van der Waals surface area contributed by atoms with Gasteiger partial charge in [0.2, 0.25) is 5.91 Å². The molecule has 1 rings (SSSR count). The number of hydrogen-bond donors (Lipinski definition) is 1. The fraction of sp³-hybridized carbons (Fsp3) is 0.562. The van der Waals surface area contributed by atoms with Crippen molar-refractivity contribution in [3.63, 3.8) is 0 Å². The summed E-state index contributed by atoms with van der Waals surface area (Å²) in [6.45, 7) is 5.60. The lowest BCUT2D eigenvalue weighted by Crippen LogP contribution is -2.25. The number of amides is 1. The van der Waals surface area contributed by atoms with Crippen molar-refractivity contribution < 1.29 is 14.3 Å². The van der Waals surface area contributed by atoms with Gasteiger partial charge in [0.15, 0.2) is 0 Å². The number of carbonyl (C=O) groups excluding carboxylic acids is 1. The summed E-state index contributed by atoms with van der Waals surface area (Å²) in [5.41, 5.74) is 0. The number of ether oxygens (including phenoxy) is 2. The van der Waals surface area contributed by atoms with E-state index >= 15 is 0 Å². The molecule has 0 unspecified atom stereocenters. The van der Waals surface area contributed by atoms with Crippen LogP contribution in [0.2, 0.25) is 0 Å². The van der Waals surface area contributed by atoms with Crippen LogP contribution in [-0.2, 0) is 4.79 Å². The minimum atomic E-state index is 0.101. The summed E-state index contributed by atoms with van der Waals surface area (Å²) >= 11 is 0. The van der Waals surface area contributed by atoms with Gasteiger partial charge in [0.05, 0.1) is 13.7 Å². The number of rotatable bonds is 9. The molecule has 0 spiro atoms. The smallest absolute Gasteiger partial charge is 0.220 e. The van der Waals surface area contributed by atoms with Gasteiger partial charge in [-0.3, -0.25) is 4.79 Å². The molecule has 0 aliphatic heterocycles. The zero-order chi connectivity index (χ0) is 14.8. The second-order valence-electron chi connectivity index (χ2n) is 5.16. The van der Waals surface area contributed by atoms with Crippen LogP contribution in [0.25, 0.3) is 0 Å². The molecule has 112 valence electrons. The second kappa shape index (κ2) is 9.23. The largest absolute Gasteiger partial charge is 0.497 e. The average Bonchev–Trinajstić information content (AvgIpc) is 2.44. The Kier molecular flexibility index (Phi) is 7.55. The van der Waals surface area contributed by atoms with E-state index < -0.39 is 0 Å². The maximum Gasteiger partial charge on any atom is 0.220 e. The summed E-state index contributed by atoms with van der Waals surface area (Å²) in [7, 11) is 1.63. The van der Waals surface area contributed by atoms with Crippen molar-refractivity contribution in [1.29, 1.82) is 0 Å². The maximum atomic E-state index is 11.5. The van der Waals surface area contributed by atoms with E-state index in [0.29, 0.717) is 18.9 Å². The van der Waals surface area contributed by atoms with Gasteiger partial charge in [0.25, 0.3) is 0 Å². The summed E-state index contributed by atoms with van der Waals surface area (Å²) in [5, 5.41) is 2.92. The minimum Gasteiger partial charge on any atom is -0.497 e. The number of hydrogen-bond acceptors (Lipinski definition) is 3. The Bertz CT molecular complexity index is 387. The van der Waals surface area contributed by atoms with Crippen molar-refractivity contribution in [2.24, 2.45) is 5.92 Å². The minimum absolute atomic E-state index is 0.101. The monoisotopic (exact) mass is 279 g/mol. The molecule has 0 aliphatic rings. The summed E-state index contributed by atoms with van der Waals surface area (Å²) in [4.78, 5) is 11.5. The van der Waals surface area contributed by atoms with Crippen LogP contribution in [0.1, 0.15) is 33.1 Å². The molecule has 0 saturated carbocycles. The first-order valence-electron chi connectivity index (χ1n) is 7.15. The molecule has 0 aromatic heterocycles. The molecule has 1 N–H and O–H groups in total. The molecule has 0 radical (unpaired) electrons. The summed E-state index contributed by atoms with van der Waals surface area (Å²) in [6, 6.07) is 7.44. The Morgan fingerprint density at radius 2 is 1.85 bits per heavy atom. The Morgan fingerprint density at radius 1 is 1.20 bits per heavy atom. The molecular weight excluding hydrogens is 254 g/mol. The van der Waals surface area contributed by atoms with Crippen molar-refractivity contribution in [2.75, 3.05) is 20.3 Å². The summed E-state index contributed by atoms with van der Waals surface area (Å²) in [6.07, 6.45) is 2.25. The highest BCUT2D eigenvalue weighted by Crippen LogP contribution is 2.17. The Balaban J connectivity index is 2.10. The van der Waals surface area contributed by atoms with E-state index in [1.54, 1.807) is 7.11 Å². The third-order valence-corrected chi connectivity index (χ3v) is 2.92. The summed E-state index contributed by atoms with van der Waals surface area (Å²) in [5.74, 6) is 2.32. The fourth-order valence-electron chi connectivity index (χ4n) is 1.68. The van der Waals surface area contributed by atoms with Gasteiger partial charge in [-0.1, -0.05) is 13.8 Å². The molecule has 4 nitrogen and oxygen atoms in total. The lowest BCUT2D eigenvalue weighted by Gasteiger charge is -2.08. The standard InChI is InChI=1S/C16H25NO3/c1-13(2)10-11-17-16(18)5-4-12-20-15-8-6-14(19-3)7-9-15/h6-9,13H,4-5,10-12H2,1-3H3,(H,17,18). The molecule has 1 aromatic rings.